The first-order chi connectivity index (χ1) is 12.2. The van der Waals surface area contributed by atoms with Gasteiger partial charge < -0.3 is 14.6 Å². The maximum absolute atomic E-state index is 11.9. The van der Waals surface area contributed by atoms with Gasteiger partial charge in [0.25, 0.3) is 5.91 Å². The lowest BCUT2D eigenvalue weighted by Crippen LogP contribution is -2.23. The number of aromatic nitrogens is 1. The number of carbonyl (C=O) groups excluding carboxylic acids is 2. The first kappa shape index (κ1) is 19.9. The van der Waals surface area contributed by atoms with Gasteiger partial charge in [0.2, 0.25) is 0 Å². The van der Waals surface area contributed by atoms with E-state index in [9.17, 15) is 14.4 Å². The second-order valence-electron chi connectivity index (χ2n) is 7.08. The summed E-state index contributed by atoms with van der Waals surface area (Å²) in [6.07, 6.45) is 0.0467. The highest BCUT2D eigenvalue weighted by Crippen LogP contribution is 2.23. The summed E-state index contributed by atoms with van der Waals surface area (Å²) < 4.78 is 6.49. The van der Waals surface area contributed by atoms with E-state index in [1.165, 1.54) is 10.1 Å². The first-order valence-electron chi connectivity index (χ1n) is 8.38. The second-order valence-corrected chi connectivity index (χ2v) is 7.90. The molecule has 2 aromatic rings. The number of aryl methyl sites for hydroxylation is 1. The number of nitrogens with one attached hydrogen (secondary N) is 1. The summed E-state index contributed by atoms with van der Waals surface area (Å²) in [6.45, 7) is 8.06. The Balaban J connectivity index is 1.77. The Hall–Kier alpha value is -2.41. The average molecular weight is 376 g/mol. The Morgan fingerprint density at radius 3 is 2.38 bits per heavy atom. The van der Waals surface area contributed by atoms with E-state index in [-0.39, 0.29) is 29.9 Å². The zero-order valence-electron chi connectivity index (χ0n) is 15.5. The van der Waals surface area contributed by atoms with Gasteiger partial charge in [-0.3, -0.25) is 14.4 Å². The molecular formula is C19H24N2O4S. The van der Waals surface area contributed by atoms with Crippen molar-refractivity contribution in [3.05, 3.63) is 50.6 Å². The normalized spacial score (nSPS) is 11.2. The van der Waals surface area contributed by atoms with Crippen molar-refractivity contribution in [2.45, 2.75) is 46.1 Å². The van der Waals surface area contributed by atoms with E-state index in [1.807, 2.05) is 31.2 Å². The predicted octanol–water partition coefficient (Wildman–Crippen LogP) is 3.09. The molecule has 0 radical (unpaired) electrons. The van der Waals surface area contributed by atoms with Gasteiger partial charge >= 0.3 is 10.8 Å². The summed E-state index contributed by atoms with van der Waals surface area (Å²) in [6, 6.07) is 7.57. The molecule has 0 atom stereocenters. The van der Waals surface area contributed by atoms with Crippen LogP contribution in [0.4, 0.5) is 5.69 Å². The van der Waals surface area contributed by atoms with Crippen LogP contribution in [0.15, 0.2) is 34.4 Å². The zero-order valence-corrected chi connectivity index (χ0v) is 16.3. The molecule has 0 aliphatic carbocycles. The molecule has 2 rings (SSSR count). The molecule has 0 fully saturated rings. The van der Waals surface area contributed by atoms with Crippen molar-refractivity contribution in [2.24, 2.45) is 0 Å². The number of carbonyl (C=O) groups is 2. The minimum Gasteiger partial charge on any atom is -0.456 e. The summed E-state index contributed by atoms with van der Waals surface area (Å²) >= 11 is 1.10. The van der Waals surface area contributed by atoms with Crippen LogP contribution in [0.3, 0.4) is 0 Å². The van der Waals surface area contributed by atoms with Gasteiger partial charge in [0.1, 0.15) is 0 Å². The van der Waals surface area contributed by atoms with Crippen molar-refractivity contribution >= 4 is 28.9 Å². The molecule has 1 N–H and O–H groups in total. The lowest BCUT2D eigenvalue weighted by Gasteiger charge is -2.19. The van der Waals surface area contributed by atoms with Gasteiger partial charge in [-0.15, -0.1) is 0 Å². The summed E-state index contributed by atoms with van der Waals surface area (Å²) in [7, 11) is 0. The number of hydrogen-bond donors (Lipinski definition) is 1. The van der Waals surface area contributed by atoms with E-state index >= 15 is 0 Å². The largest absolute Gasteiger partial charge is 0.456 e. The minimum absolute atomic E-state index is 0.0425. The molecular weight excluding hydrogens is 352 g/mol. The van der Waals surface area contributed by atoms with Gasteiger partial charge in [-0.1, -0.05) is 44.2 Å². The Morgan fingerprint density at radius 2 is 1.85 bits per heavy atom. The van der Waals surface area contributed by atoms with Gasteiger partial charge in [-0.05, 0) is 30.0 Å². The number of nitrogens with zero attached hydrogens (tertiary/aromatic N) is 1. The molecule has 0 saturated heterocycles. The molecule has 0 spiro atoms. The van der Waals surface area contributed by atoms with Gasteiger partial charge in [0.15, 0.2) is 6.61 Å². The Bertz CT molecular complexity index is 828. The number of hydrogen-bond acceptors (Lipinski definition) is 5. The number of ether oxygens (including phenoxy) is 1. The Morgan fingerprint density at radius 1 is 1.19 bits per heavy atom. The third kappa shape index (κ3) is 5.56. The molecule has 1 aromatic carbocycles. The molecule has 0 saturated carbocycles. The molecule has 0 unspecified atom stereocenters. The van der Waals surface area contributed by atoms with Crippen LogP contribution in [0.1, 0.15) is 38.4 Å². The SMILES string of the molecule is Cc1csc(=O)n1CCC(=O)OCC(=O)Nc1ccc(C(C)(C)C)cc1. The van der Waals surface area contributed by atoms with E-state index in [0.29, 0.717) is 5.69 Å². The predicted molar refractivity (Wildman–Crippen MR) is 103 cm³/mol. The lowest BCUT2D eigenvalue weighted by atomic mass is 9.87. The summed E-state index contributed by atoms with van der Waals surface area (Å²) in [5.74, 6) is -0.911. The molecule has 0 bridgehead atoms. The fourth-order valence-corrected chi connectivity index (χ4v) is 3.11. The van der Waals surface area contributed by atoms with Crippen LogP contribution in [0.5, 0.6) is 0 Å². The van der Waals surface area contributed by atoms with Crippen LogP contribution in [-0.4, -0.2) is 23.1 Å². The molecule has 140 valence electrons. The molecule has 26 heavy (non-hydrogen) atoms. The zero-order chi connectivity index (χ0) is 19.3. The van der Waals surface area contributed by atoms with Gasteiger partial charge in [-0.25, -0.2) is 0 Å². The van der Waals surface area contributed by atoms with Crippen LogP contribution in [0, 0.1) is 6.92 Å². The number of amides is 1. The maximum atomic E-state index is 11.9. The quantitative estimate of drug-likeness (QED) is 0.786. The third-order valence-corrected chi connectivity index (χ3v) is 4.80. The van der Waals surface area contributed by atoms with Crippen molar-refractivity contribution in [1.29, 1.82) is 0 Å². The number of esters is 1. The Labute approximate surface area is 156 Å². The van der Waals surface area contributed by atoms with Gasteiger partial charge in [0, 0.05) is 23.3 Å². The van der Waals surface area contributed by atoms with Crippen molar-refractivity contribution in [3.8, 4) is 0 Å². The minimum atomic E-state index is -0.513. The molecule has 1 amide bonds. The van der Waals surface area contributed by atoms with Gasteiger partial charge in [-0.2, -0.15) is 0 Å². The number of anilines is 1. The van der Waals surface area contributed by atoms with Crippen LogP contribution in [0.2, 0.25) is 0 Å². The van der Waals surface area contributed by atoms with Gasteiger partial charge in [0.05, 0.1) is 6.42 Å². The fourth-order valence-electron chi connectivity index (χ4n) is 2.35. The van der Waals surface area contributed by atoms with E-state index in [4.69, 9.17) is 4.74 Å². The van der Waals surface area contributed by atoms with E-state index in [1.54, 1.807) is 5.38 Å². The number of benzene rings is 1. The molecule has 1 heterocycles. The summed E-state index contributed by atoms with van der Waals surface area (Å²) in [4.78, 5) is 35.1. The lowest BCUT2D eigenvalue weighted by molar-refractivity contribution is -0.147. The monoisotopic (exact) mass is 376 g/mol. The number of thiazole rings is 1. The van der Waals surface area contributed by atoms with E-state index in [2.05, 4.69) is 26.1 Å². The first-order valence-corrected chi connectivity index (χ1v) is 9.26. The highest BCUT2D eigenvalue weighted by atomic mass is 32.1. The fraction of sp³-hybridized carbons (Fsp3) is 0.421. The molecule has 1 aromatic heterocycles. The van der Waals surface area contributed by atoms with Crippen molar-refractivity contribution < 1.29 is 14.3 Å². The van der Waals surface area contributed by atoms with E-state index < -0.39 is 11.9 Å². The van der Waals surface area contributed by atoms with Crippen molar-refractivity contribution in [3.63, 3.8) is 0 Å². The van der Waals surface area contributed by atoms with E-state index in [0.717, 1.165) is 17.0 Å². The van der Waals surface area contributed by atoms with Crippen LogP contribution < -0.4 is 10.2 Å². The second kappa shape index (κ2) is 8.31. The summed E-state index contributed by atoms with van der Waals surface area (Å²) in [5.41, 5.74) is 2.67. The van der Waals surface area contributed by atoms with Crippen LogP contribution in [-0.2, 0) is 26.3 Å². The summed E-state index contributed by atoms with van der Waals surface area (Å²) in [5, 5.41) is 4.44. The molecule has 0 aliphatic rings. The highest BCUT2D eigenvalue weighted by Gasteiger charge is 2.14. The molecule has 7 heteroatoms. The standard InChI is InChI=1S/C19H24N2O4S/c1-13-12-26-18(24)21(13)10-9-17(23)25-11-16(22)20-15-7-5-14(6-8-15)19(2,3)4/h5-8,12H,9-11H2,1-4H3,(H,20,22). The third-order valence-electron chi connectivity index (χ3n) is 3.91. The van der Waals surface area contributed by atoms with Crippen LogP contribution >= 0.6 is 11.3 Å². The maximum Gasteiger partial charge on any atom is 0.308 e. The molecule has 6 nitrogen and oxygen atoms in total. The number of rotatable bonds is 6. The Kier molecular flexibility index (Phi) is 6.37. The average Bonchev–Trinajstić information content (AvgIpc) is 2.89. The molecule has 0 aliphatic heterocycles. The smallest absolute Gasteiger partial charge is 0.308 e. The van der Waals surface area contributed by atoms with Crippen molar-refractivity contribution in [1.82, 2.24) is 4.57 Å². The van der Waals surface area contributed by atoms with Crippen molar-refractivity contribution in [2.75, 3.05) is 11.9 Å². The topological polar surface area (TPSA) is 77.4 Å². The van der Waals surface area contributed by atoms with Crippen LogP contribution in [0.25, 0.3) is 0 Å². The highest BCUT2D eigenvalue weighted by molar-refractivity contribution is 7.07.